The lowest BCUT2D eigenvalue weighted by Gasteiger charge is -2.32. The minimum absolute atomic E-state index is 0.00612. The monoisotopic (exact) mass is 283 g/mol. The SMILES string of the molecule is C[C@H]1CCCC[C@H]1OCC(=O)N1CCC(C(=O)O)CC1. The topological polar surface area (TPSA) is 66.8 Å². The van der Waals surface area contributed by atoms with E-state index < -0.39 is 5.97 Å². The lowest BCUT2D eigenvalue weighted by molar-refractivity contribution is -0.148. The van der Waals surface area contributed by atoms with Crippen LogP contribution in [0.5, 0.6) is 0 Å². The Morgan fingerprint density at radius 1 is 1.15 bits per heavy atom. The van der Waals surface area contributed by atoms with Crippen molar-refractivity contribution >= 4 is 11.9 Å². The van der Waals surface area contributed by atoms with Crippen molar-refractivity contribution in [1.82, 2.24) is 4.90 Å². The molecule has 5 heteroatoms. The quantitative estimate of drug-likeness (QED) is 0.855. The first-order valence-corrected chi connectivity index (χ1v) is 7.70. The number of nitrogens with zero attached hydrogens (tertiary/aromatic N) is 1. The second-order valence-corrected chi connectivity index (χ2v) is 6.10. The molecule has 1 saturated carbocycles. The van der Waals surface area contributed by atoms with Gasteiger partial charge in [0.1, 0.15) is 6.61 Å². The van der Waals surface area contributed by atoms with E-state index in [1.165, 1.54) is 19.3 Å². The average Bonchev–Trinajstić information content (AvgIpc) is 2.46. The summed E-state index contributed by atoms with van der Waals surface area (Å²) in [5.41, 5.74) is 0. The second-order valence-electron chi connectivity index (χ2n) is 6.10. The number of rotatable bonds is 4. The maximum atomic E-state index is 12.1. The second kappa shape index (κ2) is 7.07. The van der Waals surface area contributed by atoms with Gasteiger partial charge in [-0.15, -0.1) is 0 Å². The average molecular weight is 283 g/mol. The fourth-order valence-electron chi connectivity index (χ4n) is 3.18. The zero-order valence-corrected chi connectivity index (χ0v) is 12.2. The van der Waals surface area contributed by atoms with Gasteiger partial charge in [0.2, 0.25) is 5.91 Å². The molecule has 0 radical (unpaired) electrons. The van der Waals surface area contributed by atoms with Crippen LogP contribution >= 0.6 is 0 Å². The molecule has 2 aliphatic rings. The van der Waals surface area contributed by atoms with E-state index in [1.807, 2.05) is 0 Å². The molecule has 5 nitrogen and oxygen atoms in total. The van der Waals surface area contributed by atoms with Gasteiger partial charge in [-0.25, -0.2) is 0 Å². The highest BCUT2D eigenvalue weighted by molar-refractivity contribution is 5.78. The summed E-state index contributed by atoms with van der Waals surface area (Å²) in [7, 11) is 0. The number of aliphatic carboxylic acids is 1. The van der Waals surface area contributed by atoms with E-state index >= 15 is 0 Å². The van der Waals surface area contributed by atoms with E-state index in [0.29, 0.717) is 31.8 Å². The van der Waals surface area contributed by atoms with Crippen molar-refractivity contribution in [2.75, 3.05) is 19.7 Å². The Balaban J connectivity index is 1.71. The van der Waals surface area contributed by atoms with Crippen molar-refractivity contribution in [1.29, 1.82) is 0 Å². The Morgan fingerprint density at radius 2 is 1.80 bits per heavy atom. The van der Waals surface area contributed by atoms with Gasteiger partial charge in [-0.05, 0) is 31.6 Å². The molecular formula is C15H25NO4. The largest absolute Gasteiger partial charge is 0.481 e. The molecule has 20 heavy (non-hydrogen) atoms. The predicted molar refractivity (Wildman–Crippen MR) is 74.3 cm³/mol. The van der Waals surface area contributed by atoms with Crippen LogP contribution in [0.15, 0.2) is 0 Å². The lowest BCUT2D eigenvalue weighted by Crippen LogP contribution is -2.42. The van der Waals surface area contributed by atoms with Gasteiger partial charge in [0.05, 0.1) is 12.0 Å². The Labute approximate surface area is 120 Å². The van der Waals surface area contributed by atoms with Gasteiger partial charge in [0, 0.05) is 13.1 Å². The predicted octanol–water partition coefficient (Wildman–Crippen LogP) is 1.90. The highest BCUT2D eigenvalue weighted by Gasteiger charge is 2.28. The fraction of sp³-hybridized carbons (Fsp3) is 0.867. The van der Waals surface area contributed by atoms with Gasteiger partial charge >= 0.3 is 5.97 Å². The number of amides is 1. The summed E-state index contributed by atoms with van der Waals surface area (Å²) in [5, 5.41) is 8.94. The van der Waals surface area contributed by atoms with Crippen LogP contribution in [-0.4, -0.2) is 47.7 Å². The summed E-state index contributed by atoms with van der Waals surface area (Å²) in [6.45, 7) is 3.41. The number of ether oxygens (including phenoxy) is 1. The van der Waals surface area contributed by atoms with Crippen molar-refractivity contribution in [2.24, 2.45) is 11.8 Å². The van der Waals surface area contributed by atoms with Crippen molar-refractivity contribution in [2.45, 2.75) is 51.6 Å². The number of carbonyl (C=O) groups excluding carboxylic acids is 1. The third-order valence-corrected chi connectivity index (χ3v) is 4.65. The Kier molecular flexibility index (Phi) is 5.40. The number of carboxylic acids is 1. The highest BCUT2D eigenvalue weighted by atomic mass is 16.5. The first-order chi connectivity index (χ1) is 9.58. The Morgan fingerprint density at radius 3 is 2.40 bits per heavy atom. The molecule has 0 bridgehead atoms. The molecule has 1 aliphatic heterocycles. The van der Waals surface area contributed by atoms with Crippen LogP contribution in [0, 0.1) is 11.8 Å². The van der Waals surface area contributed by atoms with Crippen LogP contribution in [0.2, 0.25) is 0 Å². The molecule has 1 N–H and O–H groups in total. The molecule has 0 aromatic carbocycles. The van der Waals surface area contributed by atoms with Crippen molar-refractivity contribution in [3.05, 3.63) is 0 Å². The summed E-state index contributed by atoms with van der Waals surface area (Å²) in [5.74, 6) is -0.497. The number of hydrogen-bond donors (Lipinski definition) is 1. The number of hydrogen-bond acceptors (Lipinski definition) is 3. The van der Waals surface area contributed by atoms with Gasteiger partial charge < -0.3 is 14.7 Å². The van der Waals surface area contributed by atoms with E-state index in [9.17, 15) is 9.59 Å². The molecule has 2 atom stereocenters. The van der Waals surface area contributed by atoms with E-state index in [-0.39, 0.29) is 24.5 Å². The van der Waals surface area contributed by atoms with Crippen molar-refractivity contribution in [3.8, 4) is 0 Å². The van der Waals surface area contributed by atoms with Gasteiger partial charge in [-0.2, -0.15) is 0 Å². The molecule has 0 aromatic rings. The molecule has 0 spiro atoms. The fourth-order valence-corrected chi connectivity index (χ4v) is 3.18. The van der Waals surface area contributed by atoms with Crippen LogP contribution in [0.4, 0.5) is 0 Å². The normalized spacial score (nSPS) is 28.4. The molecule has 2 rings (SSSR count). The summed E-state index contributed by atoms with van der Waals surface area (Å²) < 4.78 is 5.78. The number of carbonyl (C=O) groups is 2. The third kappa shape index (κ3) is 3.95. The van der Waals surface area contributed by atoms with E-state index in [0.717, 1.165) is 6.42 Å². The maximum Gasteiger partial charge on any atom is 0.306 e. The van der Waals surface area contributed by atoms with Crippen molar-refractivity contribution in [3.63, 3.8) is 0 Å². The molecule has 1 amide bonds. The molecule has 1 heterocycles. The Hall–Kier alpha value is -1.10. The Bertz CT molecular complexity index is 350. The summed E-state index contributed by atoms with van der Waals surface area (Å²) in [6, 6.07) is 0. The lowest BCUT2D eigenvalue weighted by atomic mass is 9.88. The molecular weight excluding hydrogens is 258 g/mol. The van der Waals surface area contributed by atoms with Gasteiger partial charge in [-0.3, -0.25) is 9.59 Å². The summed E-state index contributed by atoms with van der Waals surface area (Å²) >= 11 is 0. The smallest absolute Gasteiger partial charge is 0.306 e. The summed E-state index contributed by atoms with van der Waals surface area (Å²) in [4.78, 5) is 24.7. The van der Waals surface area contributed by atoms with E-state index in [2.05, 4.69) is 6.92 Å². The minimum Gasteiger partial charge on any atom is -0.481 e. The molecule has 1 saturated heterocycles. The van der Waals surface area contributed by atoms with E-state index in [1.54, 1.807) is 4.90 Å². The van der Waals surface area contributed by atoms with Crippen LogP contribution in [0.1, 0.15) is 45.4 Å². The van der Waals surface area contributed by atoms with Crippen LogP contribution in [0.25, 0.3) is 0 Å². The number of likely N-dealkylation sites (tertiary alicyclic amines) is 1. The third-order valence-electron chi connectivity index (χ3n) is 4.65. The minimum atomic E-state index is -0.746. The number of carboxylic acid groups (broad SMARTS) is 1. The first kappa shape index (κ1) is 15.3. The zero-order chi connectivity index (χ0) is 14.5. The van der Waals surface area contributed by atoms with Gasteiger partial charge in [-0.1, -0.05) is 19.8 Å². The number of piperidine rings is 1. The van der Waals surface area contributed by atoms with Crippen LogP contribution in [0.3, 0.4) is 0 Å². The van der Waals surface area contributed by atoms with E-state index in [4.69, 9.17) is 9.84 Å². The molecule has 0 aromatic heterocycles. The standard InChI is InChI=1S/C15H25NO4/c1-11-4-2-3-5-13(11)20-10-14(17)16-8-6-12(7-9-16)15(18)19/h11-13H,2-10H2,1H3,(H,18,19)/t11-,13+/m0/s1. The molecule has 2 fully saturated rings. The highest BCUT2D eigenvalue weighted by Crippen LogP contribution is 2.26. The van der Waals surface area contributed by atoms with Crippen LogP contribution < -0.4 is 0 Å². The van der Waals surface area contributed by atoms with Crippen molar-refractivity contribution < 1.29 is 19.4 Å². The summed E-state index contributed by atoms with van der Waals surface area (Å²) in [6.07, 6.45) is 6.01. The zero-order valence-electron chi connectivity index (χ0n) is 12.2. The molecule has 1 aliphatic carbocycles. The van der Waals surface area contributed by atoms with Gasteiger partial charge in [0.25, 0.3) is 0 Å². The maximum absolute atomic E-state index is 12.1. The molecule has 114 valence electrons. The first-order valence-electron chi connectivity index (χ1n) is 7.70. The molecule has 0 unspecified atom stereocenters. The van der Waals surface area contributed by atoms with Gasteiger partial charge in [0.15, 0.2) is 0 Å². The van der Waals surface area contributed by atoms with Crippen LogP contribution in [-0.2, 0) is 14.3 Å².